The predicted octanol–water partition coefficient (Wildman–Crippen LogP) is 3.15. The molecule has 0 bridgehead atoms. The molecule has 0 aliphatic carbocycles. The molecule has 4 aliphatic rings. The quantitative estimate of drug-likeness (QED) is 0.480. The third kappa shape index (κ3) is 7.31. The Labute approximate surface area is 280 Å². The number of carbonyl (C=O) groups excluding carboxylic acids is 2. The summed E-state index contributed by atoms with van der Waals surface area (Å²) in [5.74, 6) is -0.499. The van der Waals surface area contributed by atoms with Crippen LogP contribution in [0.15, 0.2) is 47.5 Å². The number of hydrogen-bond donors (Lipinski definition) is 1. The summed E-state index contributed by atoms with van der Waals surface area (Å²) < 4.78 is 67.6. The minimum Gasteiger partial charge on any atom is -0.336 e. The summed E-state index contributed by atoms with van der Waals surface area (Å²) in [6.45, 7) is 7.40. The Bertz CT molecular complexity index is 1670. The van der Waals surface area contributed by atoms with Crippen LogP contribution in [0.4, 0.5) is 13.2 Å². The number of benzene rings is 2. The van der Waals surface area contributed by atoms with Crippen LogP contribution in [0.3, 0.4) is 0 Å². The van der Waals surface area contributed by atoms with Crippen LogP contribution in [0.5, 0.6) is 0 Å². The van der Waals surface area contributed by atoms with Crippen LogP contribution in [0, 0.1) is 6.92 Å². The Morgan fingerprint density at radius 3 is 2.31 bits per heavy atom. The lowest BCUT2D eigenvalue weighted by Crippen LogP contribution is -2.54. The second-order valence-electron chi connectivity index (χ2n) is 13.5. The topological polar surface area (TPSA) is 106 Å². The van der Waals surface area contributed by atoms with Crippen molar-refractivity contribution in [1.29, 1.82) is 0 Å². The van der Waals surface area contributed by atoms with E-state index in [2.05, 4.69) is 27.2 Å². The second kappa shape index (κ2) is 13.5. The highest BCUT2D eigenvalue weighted by atomic mass is 32.2. The molecule has 1 N–H and O–H groups in total. The number of piperidine rings is 2. The molecule has 0 saturated carbocycles. The van der Waals surface area contributed by atoms with E-state index in [9.17, 15) is 31.2 Å². The lowest BCUT2D eigenvalue weighted by molar-refractivity contribution is -0.137. The van der Waals surface area contributed by atoms with Crippen LogP contribution in [-0.2, 0) is 27.4 Å². The summed E-state index contributed by atoms with van der Waals surface area (Å²) in [6, 6.07) is 10.7. The predicted molar refractivity (Wildman–Crippen MR) is 176 cm³/mol. The fraction of sp³-hybridized carbons (Fsp3) is 0.559. The number of rotatable bonds is 7. The molecule has 0 radical (unpaired) electrons. The number of halogens is 3. The van der Waals surface area contributed by atoms with E-state index in [0.717, 1.165) is 62.3 Å². The Morgan fingerprint density at radius 1 is 0.979 bits per heavy atom. The molecule has 260 valence electrons. The molecule has 0 atom stereocenters. The zero-order chi connectivity index (χ0) is 34.3. The maximum Gasteiger partial charge on any atom is 0.416 e. The molecule has 6 rings (SSSR count). The summed E-state index contributed by atoms with van der Waals surface area (Å²) in [6.07, 6.45) is -1.67. The van der Waals surface area contributed by atoms with Gasteiger partial charge in [-0.1, -0.05) is 18.2 Å². The van der Waals surface area contributed by atoms with Crippen LogP contribution < -0.4 is 5.32 Å². The Kier molecular flexibility index (Phi) is 9.73. The molecule has 2 amide bonds. The third-order valence-corrected chi connectivity index (χ3v) is 12.3. The van der Waals surface area contributed by atoms with Crippen molar-refractivity contribution in [2.75, 3.05) is 65.2 Å². The lowest BCUT2D eigenvalue weighted by atomic mass is 9.89. The summed E-state index contributed by atoms with van der Waals surface area (Å²) in [5, 5.41) is 2.61. The van der Waals surface area contributed by atoms with Crippen molar-refractivity contribution in [3.63, 3.8) is 0 Å². The van der Waals surface area contributed by atoms with Gasteiger partial charge in [0, 0.05) is 56.4 Å². The normalized spacial score (nSPS) is 21.8. The number of hydrogen-bond acceptors (Lipinski definition) is 7. The average molecular weight is 689 g/mol. The number of piperazine rings is 1. The number of sulfonamides is 1. The molecule has 4 aliphatic heterocycles. The zero-order valence-electron chi connectivity index (χ0n) is 27.4. The van der Waals surface area contributed by atoms with Gasteiger partial charge in [0.25, 0.3) is 11.8 Å². The van der Waals surface area contributed by atoms with Crippen molar-refractivity contribution in [2.45, 2.75) is 56.8 Å². The molecule has 10 nitrogen and oxygen atoms in total. The first-order chi connectivity index (χ1) is 22.7. The van der Waals surface area contributed by atoms with E-state index in [0.29, 0.717) is 24.7 Å². The fourth-order valence-corrected chi connectivity index (χ4v) is 8.75. The minimum absolute atomic E-state index is 0.00244. The summed E-state index contributed by atoms with van der Waals surface area (Å²) in [4.78, 5) is 37.5. The first kappa shape index (κ1) is 34.5. The molecule has 2 aromatic carbocycles. The number of nitrogens with zero attached hydrogens (tertiary/aromatic N) is 5. The first-order valence-electron chi connectivity index (χ1n) is 16.6. The van der Waals surface area contributed by atoms with Gasteiger partial charge < -0.3 is 15.1 Å². The number of carbonyl (C=O) groups is 2. The molecule has 14 heteroatoms. The molecule has 3 saturated heterocycles. The summed E-state index contributed by atoms with van der Waals surface area (Å²) in [5.41, 5.74) is 0.409. The Hall–Kier alpha value is -3.33. The highest BCUT2D eigenvalue weighted by Gasteiger charge is 2.47. The van der Waals surface area contributed by atoms with Gasteiger partial charge in [0.2, 0.25) is 10.0 Å². The molecule has 2 aromatic rings. The van der Waals surface area contributed by atoms with Crippen molar-refractivity contribution in [3.05, 3.63) is 70.3 Å². The smallest absolute Gasteiger partial charge is 0.336 e. The maximum absolute atomic E-state index is 13.3. The van der Waals surface area contributed by atoms with Crippen molar-refractivity contribution in [3.8, 4) is 0 Å². The molecular formula is C34H43F3N6O4S. The second-order valence-corrected chi connectivity index (χ2v) is 15.6. The van der Waals surface area contributed by atoms with Gasteiger partial charge in [-0.05, 0) is 94.6 Å². The molecule has 1 spiro atoms. The molecule has 0 aromatic heterocycles. The van der Waals surface area contributed by atoms with Crippen LogP contribution in [0.25, 0.3) is 0 Å². The van der Waals surface area contributed by atoms with E-state index in [-0.39, 0.29) is 55.4 Å². The van der Waals surface area contributed by atoms with Crippen molar-refractivity contribution in [1.82, 2.24) is 24.3 Å². The molecule has 4 heterocycles. The maximum atomic E-state index is 13.3. The SMILES string of the molecule is Cc1cc(C(=O)N2CCN(C3CCN(C)CC3)CC2)ccc1CCS(=O)(=O)N1CCC2(CC1)N=C(c1cccc(C(F)(F)F)c1)NC2=O. The van der Waals surface area contributed by atoms with E-state index < -0.39 is 33.2 Å². The highest BCUT2D eigenvalue weighted by molar-refractivity contribution is 7.89. The number of nitrogens with one attached hydrogen (secondary N) is 1. The standard InChI is InChI=1S/C34H43F3N6O4S/c1-24-22-27(31(44)42-19-17-41(18-20-42)29-8-13-40(2)14-9-29)7-6-25(24)10-21-48(46,47)43-15-11-33(12-16-43)32(45)38-30(39-33)26-4-3-5-28(23-26)34(35,36)37/h3-7,22-23,29H,8-21H2,1-2H3,(H,38,39,45). The molecule has 3 fully saturated rings. The third-order valence-electron chi connectivity index (χ3n) is 10.4. The van der Waals surface area contributed by atoms with Crippen molar-refractivity contribution >= 4 is 27.7 Å². The van der Waals surface area contributed by atoms with Gasteiger partial charge >= 0.3 is 6.18 Å². The number of amides is 2. The van der Waals surface area contributed by atoms with Crippen LogP contribution in [-0.4, -0.2) is 122 Å². The number of likely N-dealkylation sites (tertiary alicyclic amines) is 1. The van der Waals surface area contributed by atoms with E-state index in [4.69, 9.17) is 0 Å². The van der Waals surface area contributed by atoms with E-state index >= 15 is 0 Å². The van der Waals surface area contributed by atoms with Gasteiger partial charge in [-0.15, -0.1) is 0 Å². The van der Waals surface area contributed by atoms with Crippen LogP contribution in [0.1, 0.15) is 58.3 Å². The van der Waals surface area contributed by atoms with E-state index in [1.807, 2.05) is 24.0 Å². The largest absolute Gasteiger partial charge is 0.416 e. The molecule has 0 unspecified atom stereocenters. The summed E-state index contributed by atoms with van der Waals surface area (Å²) >= 11 is 0. The Morgan fingerprint density at radius 2 is 1.67 bits per heavy atom. The first-order valence-corrected chi connectivity index (χ1v) is 18.2. The van der Waals surface area contributed by atoms with E-state index in [1.165, 1.54) is 16.4 Å². The fourth-order valence-electron chi connectivity index (χ4n) is 7.28. The van der Waals surface area contributed by atoms with E-state index in [1.54, 1.807) is 6.07 Å². The van der Waals surface area contributed by atoms with Crippen LogP contribution in [0.2, 0.25) is 0 Å². The van der Waals surface area contributed by atoms with Gasteiger partial charge in [-0.3, -0.25) is 19.5 Å². The highest BCUT2D eigenvalue weighted by Crippen LogP contribution is 2.34. The average Bonchev–Trinajstić information content (AvgIpc) is 3.38. The minimum atomic E-state index is -4.53. The van der Waals surface area contributed by atoms with Gasteiger partial charge in [-0.25, -0.2) is 12.7 Å². The summed E-state index contributed by atoms with van der Waals surface area (Å²) in [7, 11) is -1.51. The van der Waals surface area contributed by atoms with Gasteiger partial charge in [0.15, 0.2) is 0 Å². The van der Waals surface area contributed by atoms with Gasteiger partial charge in [-0.2, -0.15) is 13.2 Å². The van der Waals surface area contributed by atoms with Crippen molar-refractivity contribution < 1.29 is 31.2 Å². The number of alkyl halides is 3. The number of amidine groups is 1. The monoisotopic (exact) mass is 688 g/mol. The Balaban J connectivity index is 1.02. The number of aryl methyl sites for hydroxylation is 2. The number of aliphatic imine (C=N–C) groups is 1. The van der Waals surface area contributed by atoms with Crippen molar-refractivity contribution in [2.24, 2.45) is 4.99 Å². The molecular weight excluding hydrogens is 645 g/mol. The lowest BCUT2D eigenvalue weighted by Gasteiger charge is -2.42. The zero-order valence-corrected chi connectivity index (χ0v) is 28.2. The molecule has 48 heavy (non-hydrogen) atoms. The van der Waals surface area contributed by atoms with Gasteiger partial charge in [0.1, 0.15) is 11.4 Å². The van der Waals surface area contributed by atoms with Crippen LogP contribution >= 0.6 is 0 Å². The van der Waals surface area contributed by atoms with Gasteiger partial charge in [0.05, 0.1) is 11.3 Å².